The number of amides is 2. The van der Waals surface area contributed by atoms with E-state index >= 15 is 0 Å². The summed E-state index contributed by atoms with van der Waals surface area (Å²) in [4.78, 5) is 15.3. The van der Waals surface area contributed by atoms with Crippen molar-refractivity contribution in [3.63, 3.8) is 0 Å². The Labute approximate surface area is 190 Å². The molecule has 5 rings (SSSR count). The summed E-state index contributed by atoms with van der Waals surface area (Å²) in [5.41, 5.74) is -5.26. The minimum Gasteiger partial charge on any atom is -0.323 e. The number of hydrogen-bond acceptors (Lipinski definition) is 5. The van der Waals surface area contributed by atoms with Crippen molar-refractivity contribution in [1.29, 1.82) is 0 Å². The minimum atomic E-state index is -5.36. The Kier molecular flexibility index (Phi) is 4.91. The fourth-order valence-electron chi connectivity index (χ4n) is 5.78. The quantitative estimate of drug-likeness (QED) is 0.671. The van der Waals surface area contributed by atoms with E-state index in [1.54, 1.807) is 15.9 Å². The molecule has 2 spiro atoms. The molecule has 1 aliphatic carbocycles. The average molecular weight is 508 g/mol. The number of carbonyl (C=O) groups is 1. The number of nitrogens with one attached hydrogen (secondary N) is 1. The number of hydrogen-bond donors (Lipinski definition) is 1. The molecular weight excluding hydrogens is 483 g/mol. The molecule has 4 aliphatic rings. The molecule has 182 valence electrons. The molecule has 1 aromatic rings. The second-order valence-electron chi connectivity index (χ2n) is 10.0. The summed E-state index contributed by atoms with van der Waals surface area (Å²) in [5, 5.41) is 0. The first-order valence-electron chi connectivity index (χ1n) is 10.7. The van der Waals surface area contributed by atoms with E-state index in [4.69, 9.17) is 0 Å². The van der Waals surface area contributed by atoms with Crippen molar-refractivity contribution in [2.75, 3.05) is 31.9 Å². The van der Waals surface area contributed by atoms with Crippen LogP contribution in [-0.4, -0.2) is 75.6 Å². The first-order valence-corrected chi connectivity index (χ1v) is 13.8. The Bertz CT molecular complexity index is 1200. The summed E-state index contributed by atoms with van der Waals surface area (Å²) >= 11 is 0. The lowest BCUT2D eigenvalue weighted by molar-refractivity contribution is -0.0822. The van der Waals surface area contributed by atoms with Crippen LogP contribution in [0, 0.1) is 11.3 Å². The lowest BCUT2D eigenvalue weighted by Crippen LogP contribution is -2.73. The zero-order valence-electron chi connectivity index (χ0n) is 17.6. The number of rotatable bonds is 3. The maximum atomic E-state index is 12.8. The van der Waals surface area contributed by atoms with Gasteiger partial charge in [-0.2, -0.15) is 13.2 Å². The molecule has 13 heteroatoms. The van der Waals surface area contributed by atoms with E-state index in [0.717, 1.165) is 25.0 Å². The molecule has 0 bridgehead atoms. The molecule has 8 nitrogen and oxygen atoms in total. The molecule has 33 heavy (non-hydrogen) atoms. The molecule has 4 fully saturated rings. The second kappa shape index (κ2) is 7.08. The van der Waals surface area contributed by atoms with Crippen LogP contribution in [0.3, 0.4) is 0 Å². The van der Waals surface area contributed by atoms with E-state index in [1.165, 1.54) is 6.07 Å². The summed E-state index contributed by atoms with van der Waals surface area (Å²) in [6.45, 7) is 1.99. The Morgan fingerprint density at radius 3 is 2.33 bits per heavy atom. The number of sulfonamides is 1. The molecular formula is C20H24F3N3O5S2. The lowest BCUT2D eigenvalue weighted by Gasteiger charge is -2.61. The molecule has 1 aromatic carbocycles. The van der Waals surface area contributed by atoms with Crippen LogP contribution < -0.4 is 4.72 Å². The van der Waals surface area contributed by atoms with Gasteiger partial charge in [0.2, 0.25) is 10.0 Å². The predicted octanol–water partition coefficient (Wildman–Crippen LogP) is 1.73. The SMILES string of the molecule is O=C(N1CC2(CC(Cc3cccc(S(=O)(=O)C(F)(F)F)c3)C2)C1)N1CC2(CCS(=O)(=O)N2)C1. The Morgan fingerprint density at radius 1 is 1.12 bits per heavy atom. The fourth-order valence-corrected chi connectivity index (χ4v) is 8.26. The maximum absolute atomic E-state index is 12.8. The van der Waals surface area contributed by atoms with Crippen LogP contribution >= 0.6 is 0 Å². The molecule has 3 aliphatic heterocycles. The first kappa shape index (κ1) is 22.9. The highest BCUT2D eigenvalue weighted by Crippen LogP contribution is 2.53. The number of likely N-dealkylation sites (tertiary alicyclic amines) is 2. The highest BCUT2D eigenvalue weighted by Gasteiger charge is 2.57. The van der Waals surface area contributed by atoms with Gasteiger partial charge >= 0.3 is 11.5 Å². The molecule has 0 radical (unpaired) electrons. The molecule has 1 saturated carbocycles. The van der Waals surface area contributed by atoms with Crippen molar-refractivity contribution in [2.24, 2.45) is 11.3 Å². The van der Waals surface area contributed by atoms with Crippen LogP contribution in [0.4, 0.5) is 18.0 Å². The second-order valence-corrected chi connectivity index (χ2v) is 13.8. The number of alkyl halides is 3. The number of nitrogens with zero attached hydrogens (tertiary/aromatic N) is 2. The monoisotopic (exact) mass is 507 g/mol. The third-order valence-corrected chi connectivity index (χ3v) is 10.3. The van der Waals surface area contributed by atoms with Crippen LogP contribution in [0.25, 0.3) is 0 Å². The summed E-state index contributed by atoms with van der Waals surface area (Å²) in [6, 6.07) is 4.93. The summed E-state index contributed by atoms with van der Waals surface area (Å²) in [7, 11) is -8.59. The topological polar surface area (TPSA) is 104 Å². The summed E-state index contributed by atoms with van der Waals surface area (Å²) < 4.78 is 87.6. The number of halogens is 3. The highest BCUT2D eigenvalue weighted by molar-refractivity contribution is 7.92. The van der Waals surface area contributed by atoms with E-state index in [0.29, 0.717) is 44.6 Å². The molecule has 0 aromatic heterocycles. The smallest absolute Gasteiger partial charge is 0.323 e. The lowest BCUT2D eigenvalue weighted by atomic mass is 9.56. The van der Waals surface area contributed by atoms with Gasteiger partial charge < -0.3 is 9.80 Å². The van der Waals surface area contributed by atoms with Crippen molar-refractivity contribution in [1.82, 2.24) is 14.5 Å². The predicted molar refractivity (Wildman–Crippen MR) is 111 cm³/mol. The largest absolute Gasteiger partial charge is 0.501 e. The fraction of sp³-hybridized carbons (Fsp3) is 0.650. The van der Waals surface area contributed by atoms with Crippen LogP contribution in [-0.2, 0) is 26.3 Å². The van der Waals surface area contributed by atoms with Gasteiger partial charge in [0, 0.05) is 31.6 Å². The van der Waals surface area contributed by atoms with Gasteiger partial charge in [-0.1, -0.05) is 12.1 Å². The zero-order valence-corrected chi connectivity index (χ0v) is 19.3. The van der Waals surface area contributed by atoms with Gasteiger partial charge in [-0.3, -0.25) is 0 Å². The third-order valence-electron chi connectivity index (χ3n) is 7.28. The van der Waals surface area contributed by atoms with Gasteiger partial charge in [0.15, 0.2) is 0 Å². The van der Waals surface area contributed by atoms with Crippen LogP contribution in [0.5, 0.6) is 0 Å². The van der Waals surface area contributed by atoms with Crippen molar-refractivity contribution < 1.29 is 34.8 Å². The van der Waals surface area contributed by atoms with Gasteiger partial charge in [0.05, 0.1) is 16.2 Å². The number of benzene rings is 1. The minimum absolute atomic E-state index is 0.0213. The van der Waals surface area contributed by atoms with Crippen LogP contribution in [0.2, 0.25) is 0 Å². The number of urea groups is 1. The molecule has 0 unspecified atom stereocenters. The Hall–Kier alpha value is -1.86. The molecule has 1 N–H and O–H groups in total. The third kappa shape index (κ3) is 3.91. The normalized spacial score (nSPS) is 25.5. The average Bonchev–Trinajstić information content (AvgIpc) is 2.96. The van der Waals surface area contributed by atoms with E-state index in [-0.39, 0.29) is 23.1 Å². The zero-order chi connectivity index (χ0) is 23.9. The Balaban J connectivity index is 1.10. The van der Waals surface area contributed by atoms with E-state index in [2.05, 4.69) is 4.72 Å². The van der Waals surface area contributed by atoms with Crippen LogP contribution in [0.1, 0.15) is 24.8 Å². The summed E-state index contributed by atoms with van der Waals surface area (Å²) in [5.74, 6) is 0.320. The molecule has 2 amide bonds. The Morgan fingerprint density at radius 2 is 1.76 bits per heavy atom. The van der Waals surface area contributed by atoms with Gasteiger partial charge in [0.25, 0.3) is 9.84 Å². The summed E-state index contributed by atoms with van der Waals surface area (Å²) in [6.07, 6.45) is 2.66. The van der Waals surface area contributed by atoms with Crippen LogP contribution in [0.15, 0.2) is 29.2 Å². The number of carbonyl (C=O) groups excluding carboxylic acids is 1. The van der Waals surface area contributed by atoms with E-state index in [9.17, 15) is 34.8 Å². The maximum Gasteiger partial charge on any atom is 0.501 e. The van der Waals surface area contributed by atoms with E-state index in [1.807, 2.05) is 0 Å². The first-order chi connectivity index (χ1) is 15.2. The van der Waals surface area contributed by atoms with Gasteiger partial charge in [-0.15, -0.1) is 0 Å². The highest BCUT2D eigenvalue weighted by atomic mass is 32.2. The van der Waals surface area contributed by atoms with Gasteiger partial charge in [-0.25, -0.2) is 26.4 Å². The van der Waals surface area contributed by atoms with Crippen molar-refractivity contribution in [3.05, 3.63) is 29.8 Å². The molecule has 3 saturated heterocycles. The van der Waals surface area contributed by atoms with Gasteiger partial charge in [0.1, 0.15) is 0 Å². The van der Waals surface area contributed by atoms with Crippen molar-refractivity contribution in [3.8, 4) is 0 Å². The molecule has 0 atom stereocenters. The van der Waals surface area contributed by atoms with Crippen molar-refractivity contribution in [2.45, 2.75) is 41.6 Å². The number of sulfone groups is 1. The van der Waals surface area contributed by atoms with Gasteiger partial charge in [-0.05, 0) is 49.3 Å². The van der Waals surface area contributed by atoms with E-state index < -0.39 is 35.8 Å². The van der Waals surface area contributed by atoms with Crippen molar-refractivity contribution >= 4 is 25.9 Å². The molecule has 3 heterocycles. The standard InChI is InChI=1S/C20H24F3N3O5S2/c21-20(22,23)33(30,31)16-3-1-2-14(7-16)6-15-8-18(9-15)10-25(11-18)17(27)26-12-19(13-26)4-5-32(28,29)24-19/h1-3,7,15,24H,4-6,8-13H2.